The number of hydrogen-bond donors (Lipinski definition) is 0. The number of benzene rings is 2. The molecule has 174 valence electrons. The Bertz CT molecular complexity index is 1100. The molecule has 0 bridgehead atoms. The third kappa shape index (κ3) is 5.99. The van der Waals surface area contributed by atoms with Crippen LogP contribution in [0.1, 0.15) is 25.0 Å². The summed E-state index contributed by atoms with van der Waals surface area (Å²) in [5.74, 6) is -0.170. The molecule has 7 nitrogen and oxygen atoms in total. The summed E-state index contributed by atoms with van der Waals surface area (Å²) in [6, 6.07) is 10.3. The largest absolute Gasteiger partial charge is 0.490 e. The molecule has 0 radical (unpaired) electrons. The number of halogens is 2. The molecule has 0 N–H and O–H groups in total. The molecule has 0 aliphatic carbocycles. The van der Waals surface area contributed by atoms with Gasteiger partial charge in [0.05, 0.1) is 18.6 Å². The second-order valence-electron chi connectivity index (χ2n) is 6.92. The number of nitrogens with zero attached hydrogens (tertiary/aromatic N) is 1. The Morgan fingerprint density at radius 3 is 2.42 bits per heavy atom. The van der Waals surface area contributed by atoms with Gasteiger partial charge >= 0.3 is 5.97 Å². The van der Waals surface area contributed by atoms with Crippen LogP contribution < -0.4 is 9.47 Å². The van der Waals surface area contributed by atoms with Crippen LogP contribution >= 0.6 is 43.6 Å². The fraction of sp³-hybridized carbons (Fsp3) is 0.261. The molecule has 2 amide bonds. The zero-order valence-corrected chi connectivity index (χ0v) is 22.1. The number of thioether (sulfide) groups is 1. The molecule has 33 heavy (non-hydrogen) atoms. The molecule has 3 rings (SSSR count). The molecule has 2 aromatic rings. The van der Waals surface area contributed by atoms with Gasteiger partial charge < -0.3 is 14.2 Å². The maximum absolute atomic E-state index is 12.8. The van der Waals surface area contributed by atoms with Crippen molar-refractivity contribution >= 4 is 66.8 Å². The van der Waals surface area contributed by atoms with Gasteiger partial charge in [0.15, 0.2) is 11.5 Å². The van der Waals surface area contributed by atoms with Crippen LogP contribution in [0, 0.1) is 0 Å². The van der Waals surface area contributed by atoms with Crippen molar-refractivity contribution in [3.8, 4) is 11.5 Å². The lowest BCUT2D eigenvalue weighted by atomic mass is 10.1. The topological polar surface area (TPSA) is 82.1 Å². The standard InChI is InChI=1S/C23H21Br2NO6S/c1-4-31-18-9-15(10-20-21(27)26(23(29)33-20)13(2)22(28)30-3)17(25)11-19(18)32-12-14-5-7-16(24)8-6-14/h5-11,13H,4,12H2,1-3H3/b20-10+/t13-/m1/s1. The normalized spacial score (nSPS) is 15.7. The van der Waals surface area contributed by atoms with Crippen molar-refractivity contribution in [1.82, 2.24) is 4.90 Å². The molecule has 1 aliphatic heterocycles. The minimum absolute atomic E-state index is 0.197. The third-order valence-corrected chi connectivity index (χ3v) is 6.81. The third-order valence-electron chi connectivity index (χ3n) is 4.71. The van der Waals surface area contributed by atoms with Gasteiger partial charge in [0.25, 0.3) is 11.1 Å². The van der Waals surface area contributed by atoms with Gasteiger partial charge in [-0.1, -0.05) is 44.0 Å². The monoisotopic (exact) mass is 597 g/mol. The second-order valence-corrected chi connectivity index (χ2v) is 9.68. The fourth-order valence-electron chi connectivity index (χ4n) is 3.02. The van der Waals surface area contributed by atoms with Crippen LogP contribution in [0.3, 0.4) is 0 Å². The predicted molar refractivity (Wildman–Crippen MR) is 133 cm³/mol. The fourth-order valence-corrected chi connectivity index (χ4v) is 4.62. The van der Waals surface area contributed by atoms with Crippen LogP contribution in [-0.4, -0.2) is 41.8 Å². The molecular weight excluding hydrogens is 578 g/mol. The van der Waals surface area contributed by atoms with Crippen LogP contribution in [0.5, 0.6) is 11.5 Å². The Morgan fingerprint density at radius 1 is 1.12 bits per heavy atom. The highest BCUT2D eigenvalue weighted by Crippen LogP contribution is 2.39. The van der Waals surface area contributed by atoms with E-state index in [2.05, 4.69) is 36.6 Å². The van der Waals surface area contributed by atoms with Crippen LogP contribution in [0.2, 0.25) is 0 Å². The highest BCUT2D eigenvalue weighted by molar-refractivity contribution is 9.10. The van der Waals surface area contributed by atoms with Gasteiger partial charge in [-0.25, -0.2) is 4.79 Å². The summed E-state index contributed by atoms with van der Waals surface area (Å²) in [7, 11) is 1.21. The van der Waals surface area contributed by atoms with Crippen molar-refractivity contribution in [3.63, 3.8) is 0 Å². The first-order chi connectivity index (χ1) is 15.7. The Kier molecular flexibility index (Phi) is 8.61. The number of esters is 1. The zero-order valence-electron chi connectivity index (χ0n) is 18.1. The van der Waals surface area contributed by atoms with E-state index < -0.39 is 23.2 Å². The molecule has 10 heteroatoms. The van der Waals surface area contributed by atoms with Gasteiger partial charge in [0, 0.05) is 8.95 Å². The van der Waals surface area contributed by atoms with Crippen LogP contribution in [0.25, 0.3) is 6.08 Å². The van der Waals surface area contributed by atoms with Crippen molar-refractivity contribution in [1.29, 1.82) is 0 Å². The summed E-state index contributed by atoms with van der Waals surface area (Å²) in [6.45, 7) is 4.08. The Hall–Kier alpha value is -2.30. The molecule has 1 fully saturated rings. The van der Waals surface area contributed by atoms with Crippen LogP contribution in [0.15, 0.2) is 50.2 Å². The van der Waals surface area contributed by atoms with E-state index >= 15 is 0 Å². The zero-order chi connectivity index (χ0) is 24.1. The van der Waals surface area contributed by atoms with Gasteiger partial charge in [0.2, 0.25) is 0 Å². The lowest BCUT2D eigenvalue weighted by Gasteiger charge is -2.18. The number of rotatable bonds is 8. The van der Waals surface area contributed by atoms with Crippen molar-refractivity contribution in [3.05, 3.63) is 61.4 Å². The van der Waals surface area contributed by atoms with Crippen molar-refractivity contribution in [2.75, 3.05) is 13.7 Å². The van der Waals surface area contributed by atoms with E-state index in [1.165, 1.54) is 14.0 Å². The summed E-state index contributed by atoms with van der Waals surface area (Å²) >= 11 is 7.69. The van der Waals surface area contributed by atoms with Crippen LogP contribution in [-0.2, 0) is 20.9 Å². The van der Waals surface area contributed by atoms with Gasteiger partial charge in [-0.2, -0.15) is 0 Å². The first kappa shape index (κ1) is 25.3. The van der Waals surface area contributed by atoms with E-state index in [1.807, 2.05) is 31.2 Å². The Morgan fingerprint density at radius 2 is 1.79 bits per heavy atom. The predicted octanol–water partition coefficient (Wildman–Crippen LogP) is 5.79. The number of imide groups is 1. The smallest absolute Gasteiger partial charge is 0.328 e. The number of carbonyl (C=O) groups is 3. The molecule has 0 aromatic heterocycles. The SMILES string of the molecule is CCOc1cc(/C=C2/SC(=O)N([C@H](C)C(=O)OC)C2=O)c(Br)cc1OCc1ccc(Br)cc1. The minimum Gasteiger partial charge on any atom is -0.490 e. The lowest BCUT2D eigenvalue weighted by Crippen LogP contribution is -2.42. The van der Waals surface area contributed by atoms with E-state index in [1.54, 1.807) is 18.2 Å². The summed E-state index contributed by atoms with van der Waals surface area (Å²) in [4.78, 5) is 38.0. The van der Waals surface area contributed by atoms with Crippen molar-refractivity contribution < 1.29 is 28.6 Å². The summed E-state index contributed by atoms with van der Waals surface area (Å²) < 4.78 is 18.0. The van der Waals surface area contributed by atoms with E-state index in [4.69, 9.17) is 9.47 Å². The second kappa shape index (κ2) is 11.2. The lowest BCUT2D eigenvalue weighted by molar-refractivity contribution is -0.148. The van der Waals surface area contributed by atoms with E-state index in [9.17, 15) is 14.4 Å². The van der Waals surface area contributed by atoms with Crippen molar-refractivity contribution in [2.45, 2.75) is 26.5 Å². The van der Waals surface area contributed by atoms with E-state index in [0.717, 1.165) is 26.7 Å². The highest BCUT2D eigenvalue weighted by atomic mass is 79.9. The molecule has 1 atom stereocenters. The van der Waals surface area contributed by atoms with Crippen molar-refractivity contribution in [2.24, 2.45) is 0 Å². The van der Waals surface area contributed by atoms with Gasteiger partial charge in [-0.3, -0.25) is 14.5 Å². The average molecular weight is 599 g/mol. The summed E-state index contributed by atoms with van der Waals surface area (Å²) in [6.07, 6.45) is 1.58. The molecule has 1 aliphatic rings. The van der Waals surface area contributed by atoms with E-state index in [0.29, 0.717) is 34.7 Å². The average Bonchev–Trinajstić information content (AvgIpc) is 3.07. The minimum atomic E-state index is -1.01. The highest BCUT2D eigenvalue weighted by Gasteiger charge is 2.41. The number of carbonyl (C=O) groups excluding carboxylic acids is 3. The van der Waals surface area contributed by atoms with E-state index in [-0.39, 0.29) is 4.91 Å². The molecule has 0 saturated carbocycles. The quantitative estimate of drug-likeness (QED) is 0.281. The summed E-state index contributed by atoms with van der Waals surface area (Å²) in [5, 5.41) is -0.528. The summed E-state index contributed by atoms with van der Waals surface area (Å²) in [5.41, 5.74) is 1.62. The molecular formula is C23H21Br2NO6S. The molecule has 1 heterocycles. The first-order valence-electron chi connectivity index (χ1n) is 9.93. The van der Waals surface area contributed by atoms with Gasteiger partial charge in [-0.15, -0.1) is 0 Å². The maximum Gasteiger partial charge on any atom is 0.328 e. The first-order valence-corrected chi connectivity index (χ1v) is 12.3. The number of methoxy groups -OCH3 is 1. The molecule has 1 saturated heterocycles. The molecule has 0 spiro atoms. The Labute approximate surface area is 212 Å². The van der Waals surface area contributed by atoms with Gasteiger partial charge in [0.1, 0.15) is 12.6 Å². The number of amides is 2. The Balaban J connectivity index is 1.86. The molecule has 2 aromatic carbocycles. The maximum atomic E-state index is 12.8. The molecule has 0 unspecified atom stereocenters. The number of ether oxygens (including phenoxy) is 3. The van der Waals surface area contributed by atoms with Crippen LogP contribution in [0.4, 0.5) is 4.79 Å². The number of hydrogen-bond acceptors (Lipinski definition) is 7. The van der Waals surface area contributed by atoms with Gasteiger partial charge in [-0.05, 0) is 67.1 Å².